The van der Waals surface area contributed by atoms with Crippen LogP contribution in [0.2, 0.25) is 0 Å². The number of aromatic nitrogens is 3. The maximum atomic E-state index is 6.69. The highest BCUT2D eigenvalue weighted by Crippen LogP contribution is 2.44. The second-order valence-electron chi connectivity index (χ2n) is 13.2. The van der Waals surface area contributed by atoms with E-state index in [-0.39, 0.29) is 0 Å². The zero-order valence-corrected chi connectivity index (χ0v) is 29.2. The van der Waals surface area contributed by atoms with E-state index in [1.165, 1.54) is 10.8 Å². The van der Waals surface area contributed by atoms with E-state index in [9.17, 15) is 0 Å². The first-order chi connectivity index (χ1) is 26.8. The summed E-state index contributed by atoms with van der Waals surface area (Å²) in [7, 11) is 0. The molecule has 0 fully saturated rings. The van der Waals surface area contributed by atoms with E-state index >= 15 is 0 Å². The van der Waals surface area contributed by atoms with Crippen molar-refractivity contribution in [2.75, 3.05) is 4.90 Å². The molecule has 254 valence electrons. The van der Waals surface area contributed by atoms with Crippen LogP contribution in [0.5, 0.6) is 0 Å². The van der Waals surface area contributed by atoms with Gasteiger partial charge in [-0.3, -0.25) is 0 Å². The molecule has 8 aromatic carbocycles. The Hall–Kier alpha value is -7.37. The molecule has 0 aliphatic rings. The third-order valence-corrected chi connectivity index (χ3v) is 9.90. The molecule has 0 unspecified atom stereocenters. The third-order valence-electron chi connectivity index (χ3n) is 9.90. The summed E-state index contributed by atoms with van der Waals surface area (Å²) < 4.78 is 6.69. The van der Waals surface area contributed by atoms with Crippen LogP contribution in [0.15, 0.2) is 199 Å². The lowest BCUT2D eigenvalue weighted by Crippen LogP contribution is -2.11. The summed E-state index contributed by atoms with van der Waals surface area (Å²) in [5.74, 6) is 1.83. The minimum absolute atomic E-state index is 0.592. The number of nitrogens with zero attached hydrogens (tertiary/aromatic N) is 4. The summed E-state index contributed by atoms with van der Waals surface area (Å²) in [4.78, 5) is 17.3. The second kappa shape index (κ2) is 13.3. The van der Waals surface area contributed by atoms with Crippen molar-refractivity contribution < 1.29 is 4.42 Å². The molecule has 54 heavy (non-hydrogen) atoms. The van der Waals surface area contributed by atoms with Crippen molar-refractivity contribution in [2.24, 2.45) is 0 Å². The summed E-state index contributed by atoms with van der Waals surface area (Å²) in [6.45, 7) is 0. The molecule has 10 aromatic rings. The van der Waals surface area contributed by atoms with Gasteiger partial charge in [0, 0.05) is 50.5 Å². The minimum Gasteiger partial charge on any atom is -0.456 e. The largest absolute Gasteiger partial charge is 0.456 e. The van der Waals surface area contributed by atoms with Gasteiger partial charge in [0.1, 0.15) is 11.2 Å². The number of hydrogen-bond acceptors (Lipinski definition) is 5. The molecule has 0 aliphatic carbocycles. The molecule has 5 nitrogen and oxygen atoms in total. The maximum Gasteiger partial charge on any atom is 0.164 e. The van der Waals surface area contributed by atoms with Gasteiger partial charge in [0.15, 0.2) is 17.5 Å². The van der Waals surface area contributed by atoms with Gasteiger partial charge in [0.05, 0.1) is 5.69 Å². The summed E-state index contributed by atoms with van der Waals surface area (Å²) in [6.07, 6.45) is 0. The molecule has 0 saturated heterocycles. The van der Waals surface area contributed by atoms with E-state index in [2.05, 4.69) is 126 Å². The fourth-order valence-electron chi connectivity index (χ4n) is 7.34. The van der Waals surface area contributed by atoms with Gasteiger partial charge in [0.25, 0.3) is 0 Å². The lowest BCUT2D eigenvalue weighted by Gasteiger charge is -2.28. The summed E-state index contributed by atoms with van der Waals surface area (Å²) in [6, 6.07) is 67.0. The molecule has 5 heteroatoms. The smallest absolute Gasteiger partial charge is 0.164 e. The number of fused-ring (bicyclic) bond motifs is 4. The van der Waals surface area contributed by atoms with Gasteiger partial charge in [0.2, 0.25) is 0 Å². The van der Waals surface area contributed by atoms with E-state index < -0.39 is 0 Å². The molecule has 0 bridgehead atoms. The van der Waals surface area contributed by atoms with Crippen molar-refractivity contribution in [3.63, 3.8) is 0 Å². The Bertz CT molecular complexity index is 2880. The van der Waals surface area contributed by atoms with Crippen LogP contribution in [0, 0.1) is 0 Å². The van der Waals surface area contributed by atoms with Crippen molar-refractivity contribution in [3.05, 3.63) is 194 Å². The molecular formula is C49H32N4O. The fraction of sp³-hybridized carbons (Fsp3) is 0. The van der Waals surface area contributed by atoms with E-state index in [4.69, 9.17) is 19.4 Å². The summed E-state index contributed by atoms with van der Waals surface area (Å²) in [5, 5.41) is 4.32. The van der Waals surface area contributed by atoms with Gasteiger partial charge in [-0.1, -0.05) is 152 Å². The van der Waals surface area contributed by atoms with Gasteiger partial charge < -0.3 is 9.32 Å². The number of rotatable bonds is 7. The average Bonchev–Trinajstić information content (AvgIpc) is 3.63. The van der Waals surface area contributed by atoms with E-state index in [1.807, 2.05) is 72.8 Å². The number of para-hydroxylation sites is 1. The van der Waals surface area contributed by atoms with Crippen LogP contribution < -0.4 is 4.90 Å². The lowest BCUT2D eigenvalue weighted by molar-refractivity contribution is 0.669. The highest BCUT2D eigenvalue weighted by atomic mass is 16.3. The number of benzene rings is 8. The van der Waals surface area contributed by atoms with Gasteiger partial charge in [-0.25, -0.2) is 15.0 Å². The van der Waals surface area contributed by atoms with Gasteiger partial charge in [-0.15, -0.1) is 0 Å². The number of anilines is 3. The second-order valence-corrected chi connectivity index (χ2v) is 13.2. The predicted molar refractivity (Wildman–Crippen MR) is 221 cm³/mol. The molecular weight excluding hydrogens is 661 g/mol. The molecule has 0 atom stereocenters. The first-order valence-corrected chi connectivity index (χ1v) is 18.0. The van der Waals surface area contributed by atoms with Crippen LogP contribution in [0.3, 0.4) is 0 Å². The van der Waals surface area contributed by atoms with Crippen LogP contribution in [0.4, 0.5) is 17.1 Å². The van der Waals surface area contributed by atoms with Crippen molar-refractivity contribution in [3.8, 4) is 45.3 Å². The molecule has 2 aromatic heterocycles. The predicted octanol–water partition coefficient (Wildman–Crippen LogP) is 13.1. The van der Waals surface area contributed by atoms with Crippen LogP contribution in [-0.2, 0) is 0 Å². The molecule has 0 amide bonds. The number of hydrogen-bond donors (Lipinski definition) is 0. The lowest BCUT2D eigenvalue weighted by atomic mass is 10.0. The van der Waals surface area contributed by atoms with Crippen molar-refractivity contribution in [1.82, 2.24) is 15.0 Å². The van der Waals surface area contributed by atoms with E-state index in [0.717, 1.165) is 66.8 Å². The summed E-state index contributed by atoms with van der Waals surface area (Å²) in [5.41, 5.74) is 9.68. The SMILES string of the molecule is c1ccc(-c2nc(-c3ccccc3)nc(-c3cccc4oc5cc(N(c6ccc7ccccc7c6)c6ccccc6-c6ccccc6)ccc5c34)n2)cc1. The quantitative estimate of drug-likeness (QED) is 0.166. The van der Waals surface area contributed by atoms with Crippen molar-refractivity contribution in [1.29, 1.82) is 0 Å². The highest BCUT2D eigenvalue weighted by Gasteiger charge is 2.21. The van der Waals surface area contributed by atoms with Crippen LogP contribution in [0.25, 0.3) is 78.0 Å². The minimum atomic E-state index is 0.592. The zero-order chi connectivity index (χ0) is 35.8. The van der Waals surface area contributed by atoms with Crippen LogP contribution in [0.1, 0.15) is 0 Å². The van der Waals surface area contributed by atoms with E-state index in [0.29, 0.717) is 17.5 Å². The van der Waals surface area contributed by atoms with Crippen molar-refractivity contribution >= 4 is 49.8 Å². The normalized spacial score (nSPS) is 11.3. The molecule has 0 spiro atoms. The summed E-state index contributed by atoms with van der Waals surface area (Å²) >= 11 is 0. The molecule has 0 saturated carbocycles. The Morgan fingerprint density at radius 3 is 1.65 bits per heavy atom. The molecule has 0 aliphatic heterocycles. The van der Waals surface area contributed by atoms with Crippen LogP contribution in [-0.4, -0.2) is 15.0 Å². The van der Waals surface area contributed by atoms with Gasteiger partial charge >= 0.3 is 0 Å². The Morgan fingerprint density at radius 2 is 0.926 bits per heavy atom. The monoisotopic (exact) mass is 692 g/mol. The third kappa shape index (κ3) is 5.65. The Kier molecular flexibility index (Phi) is 7.73. The first kappa shape index (κ1) is 31.4. The Morgan fingerprint density at radius 1 is 0.370 bits per heavy atom. The Balaban J connectivity index is 1.16. The van der Waals surface area contributed by atoms with Gasteiger partial charge in [-0.2, -0.15) is 0 Å². The first-order valence-electron chi connectivity index (χ1n) is 18.0. The molecule has 0 N–H and O–H groups in total. The van der Waals surface area contributed by atoms with E-state index in [1.54, 1.807) is 0 Å². The molecule has 10 rings (SSSR count). The molecule has 0 radical (unpaired) electrons. The van der Waals surface area contributed by atoms with Crippen LogP contribution >= 0.6 is 0 Å². The number of furan rings is 1. The van der Waals surface area contributed by atoms with Gasteiger partial charge in [-0.05, 0) is 52.7 Å². The topological polar surface area (TPSA) is 55.1 Å². The standard InChI is InChI=1S/C49H32N4O/c1-4-16-34(17-5-1)40-23-12-13-25-43(40)53(38-28-27-33-15-10-11-22-37(33)31-38)39-29-30-41-45(32-39)54-44-26-14-24-42(46(41)44)49-51-47(35-18-6-2-7-19-35)50-48(52-49)36-20-8-3-9-21-36/h1-32H. The average molecular weight is 693 g/mol. The maximum absolute atomic E-state index is 6.69. The molecule has 2 heterocycles. The van der Waals surface area contributed by atoms with Crippen molar-refractivity contribution in [2.45, 2.75) is 0 Å². The highest BCUT2D eigenvalue weighted by molar-refractivity contribution is 6.12. The fourth-order valence-corrected chi connectivity index (χ4v) is 7.34. The Labute approximate surface area is 312 Å². The zero-order valence-electron chi connectivity index (χ0n) is 29.2.